The molecule has 6 heteroatoms. The first-order valence-electron chi connectivity index (χ1n) is 8.70. The monoisotopic (exact) mass is 359 g/mol. The third-order valence-electron chi connectivity index (χ3n) is 4.41. The number of ether oxygens (including phenoxy) is 1. The molecule has 0 saturated heterocycles. The van der Waals surface area contributed by atoms with Crippen LogP contribution in [0.5, 0.6) is 5.75 Å². The zero-order chi connectivity index (χ0) is 18.6. The standard InChI is InChI=1S/C21H18BNO4/c24-21(23-18-10-9-17-14-27-22(25)20(17)12-18)16-7-4-8-19(11-16)26-13-15-5-2-1-3-6-15/h1-12,25H,13-14H2,(H,23,24). The number of amides is 1. The summed E-state index contributed by atoms with van der Waals surface area (Å²) in [6.45, 7) is 0.820. The van der Waals surface area contributed by atoms with E-state index in [0.717, 1.165) is 11.1 Å². The first-order valence-corrected chi connectivity index (χ1v) is 8.70. The molecule has 1 aliphatic heterocycles. The van der Waals surface area contributed by atoms with Gasteiger partial charge in [-0.15, -0.1) is 0 Å². The highest BCUT2D eigenvalue weighted by molar-refractivity contribution is 6.61. The Kier molecular flexibility index (Phi) is 4.92. The smallest absolute Gasteiger partial charge is 0.489 e. The van der Waals surface area contributed by atoms with Gasteiger partial charge in [-0.2, -0.15) is 0 Å². The molecular formula is C21H18BNO4. The average Bonchev–Trinajstić information content (AvgIpc) is 3.08. The van der Waals surface area contributed by atoms with Crippen LogP contribution in [-0.2, 0) is 17.9 Å². The van der Waals surface area contributed by atoms with Crippen LogP contribution in [-0.4, -0.2) is 18.0 Å². The third-order valence-corrected chi connectivity index (χ3v) is 4.41. The summed E-state index contributed by atoms with van der Waals surface area (Å²) in [4.78, 5) is 12.6. The highest BCUT2D eigenvalue weighted by Gasteiger charge is 2.27. The zero-order valence-corrected chi connectivity index (χ0v) is 14.6. The van der Waals surface area contributed by atoms with E-state index >= 15 is 0 Å². The van der Waals surface area contributed by atoms with Crippen LogP contribution in [0, 0.1) is 0 Å². The van der Waals surface area contributed by atoms with Gasteiger partial charge in [-0.25, -0.2) is 0 Å². The molecule has 1 amide bonds. The summed E-state index contributed by atoms with van der Waals surface area (Å²) in [5.41, 5.74) is 3.78. The molecule has 1 aliphatic rings. The molecule has 5 nitrogen and oxygen atoms in total. The maximum atomic E-state index is 12.6. The molecule has 0 fully saturated rings. The normalized spacial score (nSPS) is 12.6. The minimum Gasteiger partial charge on any atom is -0.489 e. The lowest BCUT2D eigenvalue weighted by Gasteiger charge is -2.10. The number of hydrogen-bond donors (Lipinski definition) is 2. The van der Waals surface area contributed by atoms with Gasteiger partial charge in [0.05, 0.1) is 6.61 Å². The van der Waals surface area contributed by atoms with Crippen molar-refractivity contribution in [2.45, 2.75) is 13.2 Å². The fraction of sp³-hybridized carbons (Fsp3) is 0.0952. The van der Waals surface area contributed by atoms with E-state index in [1.54, 1.807) is 30.3 Å². The second-order valence-electron chi connectivity index (χ2n) is 6.33. The number of anilines is 1. The van der Waals surface area contributed by atoms with Crippen LogP contribution in [0.15, 0.2) is 72.8 Å². The van der Waals surface area contributed by atoms with Crippen LogP contribution in [0.3, 0.4) is 0 Å². The van der Waals surface area contributed by atoms with E-state index in [1.165, 1.54) is 0 Å². The Morgan fingerprint density at radius 3 is 2.78 bits per heavy atom. The van der Waals surface area contributed by atoms with E-state index in [0.29, 0.717) is 35.7 Å². The number of carbonyl (C=O) groups excluding carboxylic acids is 1. The molecule has 0 atom stereocenters. The van der Waals surface area contributed by atoms with E-state index in [1.807, 2.05) is 42.5 Å². The van der Waals surface area contributed by atoms with Gasteiger partial charge in [-0.3, -0.25) is 4.79 Å². The van der Waals surface area contributed by atoms with Crippen molar-refractivity contribution >= 4 is 24.2 Å². The van der Waals surface area contributed by atoms with Crippen molar-refractivity contribution in [3.05, 3.63) is 89.5 Å². The molecule has 3 aromatic rings. The predicted octanol–water partition coefficient (Wildman–Crippen LogP) is 2.74. The van der Waals surface area contributed by atoms with E-state index in [4.69, 9.17) is 9.39 Å². The van der Waals surface area contributed by atoms with Crippen LogP contribution >= 0.6 is 0 Å². The number of carbonyl (C=O) groups is 1. The summed E-state index contributed by atoms with van der Waals surface area (Å²) >= 11 is 0. The number of hydrogen-bond acceptors (Lipinski definition) is 4. The third kappa shape index (κ3) is 4.02. The molecule has 0 unspecified atom stereocenters. The topological polar surface area (TPSA) is 67.8 Å². The number of rotatable bonds is 5. The molecule has 27 heavy (non-hydrogen) atoms. The second-order valence-corrected chi connectivity index (χ2v) is 6.33. The summed E-state index contributed by atoms with van der Waals surface area (Å²) in [6, 6.07) is 22.3. The number of benzene rings is 3. The molecule has 0 aromatic heterocycles. The highest BCUT2D eigenvalue weighted by atomic mass is 16.5. The molecule has 0 spiro atoms. The van der Waals surface area contributed by atoms with E-state index < -0.39 is 7.12 Å². The van der Waals surface area contributed by atoms with E-state index in [9.17, 15) is 9.82 Å². The van der Waals surface area contributed by atoms with Crippen molar-refractivity contribution in [2.24, 2.45) is 0 Å². The van der Waals surface area contributed by atoms with Gasteiger partial charge in [0.1, 0.15) is 12.4 Å². The Morgan fingerprint density at radius 2 is 1.93 bits per heavy atom. The van der Waals surface area contributed by atoms with Crippen molar-refractivity contribution in [3.63, 3.8) is 0 Å². The Labute approximate surface area is 157 Å². The molecule has 0 radical (unpaired) electrons. The Hall–Kier alpha value is -3.09. The Bertz CT molecular complexity index is 961. The van der Waals surface area contributed by atoms with Crippen LogP contribution in [0.25, 0.3) is 0 Å². The van der Waals surface area contributed by atoms with Gasteiger partial charge >= 0.3 is 7.12 Å². The molecule has 134 valence electrons. The largest absolute Gasteiger partial charge is 0.491 e. The van der Waals surface area contributed by atoms with E-state index in [2.05, 4.69) is 5.32 Å². The van der Waals surface area contributed by atoms with Gasteiger partial charge in [0.25, 0.3) is 5.91 Å². The van der Waals surface area contributed by atoms with Gasteiger partial charge in [-0.05, 0) is 46.9 Å². The van der Waals surface area contributed by atoms with Crippen molar-refractivity contribution in [2.75, 3.05) is 5.32 Å². The SMILES string of the molecule is O=C(Nc1ccc2c(c1)B(O)OC2)c1cccc(OCc2ccccc2)c1. The van der Waals surface area contributed by atoms with Crippen LogP contribution in [0.1, 0.15) is 21.5 Å². The quantitative estimate of drug-likeness (QED) is 0.688. The van der Waals surface area contributed by atoms with Crippen LogP contribution < -0.4 is 15.5 Å². The molecule has 3 aromatic carbocycles. The van der Waals surface area contributed by atoms with Crippen molar-refractivity contribution < 1.29 is 19.2 Å². The maximum Gasteiger partial charge on any atom is 0.491 e. The first kappa shape index (κ1) is 17.3. The fourth-order valence-electron chi connectivity index (χ4n) is 2.96. The molecule has 4 rings (SSSR count). The highest BCUT2D eigenvalue weighted by Crippen LogP contribution is 2.18. The van der Waals surface area contributed by atoms with Crippen LogP contribution in [0.2, 0.25) is 0 Å². The van der Waals surface area contributed by atoms with Crippen molar-refractivity contribution in [1.29, 1.82) is 0 Å². The minimum atomic E-state index is -0.938. The van der Waals surface area contributed by atoms with Crippen molar-refractivity contribution in [1.82, 2.24) is 0 Å². The summed E-state index contributed by atoms with van der Waals surface area (Å²) in [5.74, 6) is 0.387. The summed E-state index contributed by atoms with van der Waals surface area (Å²) in [5, 5.41) is 12.6. The summed E-state index contributed by atoms with van der Waals surface area (Å²) in [7, 11) is -0.938. The van der Waals surface area contributed by atoms with Crippen molar-refractivity contribution in [3.8, 4) is 5.75 Å². The average molecular weight is 359 g/mol. The zero-order valence-electron chi connectivity index (χ0n) is 14.6. The number of fused-ring (bicyclic) bond motifs is 1. The lowest BCUT2D eigenvalue weighted by Crippen LogP contribution is -2.28. The van der Waals surface area contributed by atoms with Gasteiger partial charge in [0, 0.05) is 11.3 Å². The molecule has 1 heterocycles. The van der Waals surface area contributed by atoms with Gasteiger partial charge in [-0.1, -0.05) is 42.5 Å². The first-order chi connectivity index (χ1) is 13.2. The number of nitrogens with one attached hydrogen (secondary N) is 1. The lowest BCUT2D eigenvalue weighted by molar-refractivity contribution is 0.102. The maximum absolute atomic E-state index is 12.6. The Morgan fingerprint density at radius 1 is 1.07 bits per heavy atom. The van der Waals surface area contributed by atoms with Gasteiger partial charge in [0.15, 0.2) is 0 Å². The second kappa shape index (κ2) is 7.66. The lowest BCUT2D eigenvalue weighted by atomic mass is 9.79. The Balaban J connectivity index is 1.44. The van der Waals surface area contributed by atoms with E-state index in [-0.39, 0.29) is 5.91 Å². The molecule has 0 aliphatic carbocycles. The van der Waals surface area contributed by atoms with Gasteiger partial charge in [0.2, 0.25) is 0 Å². The molecule has 0 saturated carbocycles. The molecule has 2 N–H and O–H groups in total. The fourth-order valence-corrected chi connectivity index (χ4v) is 2.96. The van der Waals surface area contributed by atoms with Crippen LogP contribution in [0.4, 0.5) is 5.69 Å². The summed E-state index contributed by atoms with van der Waals surface area (Å²) < 4.78 is 11.0. The predicted molar refractivity (Wildman–Crippen MR) is 104 cm³/mol. The molecule has 0 bridgehead atoms. The van der Waals surface area contributed by atoms with Gasteiger partial charge < -0.3 is 19.7 Å². The minimum absolute atomic E-state index is 0.242. The molecular weight excluding hydrogens is 341 g/mol. The summed E-state index contributed by atoms with van der Waals surface area (Å²) in [6.07, 6.45) is 0.